The van der Waals surface area contributed by atoms with Gasteiger partial charge >= 0.3 is 0 Å². The highest BCUT2D eigenvalue weighted by Crippen LogP contribution is 2.50. The van der Waals surface area contributed by atoms with Gasteiger partial charge in [0.15, 0.2) is 0 Å². The molecule has 58 valence electrons. The van der Waals surface area contributed by atoms with E-state index in [0.717, 1.165) is 18.8 Å². The lowest BCUT2D eigenvalue weighted by molar-refractivity contribution is -0.130. The smallest absolute Gasteiger partial charge is 0.0678 e. The molecule has 10 heavy (non-hydrogen) atoms. The van der Waals surface area contributed by atoms with E-state index in [2.05, 4.69) is 6.92 Å². The fourth-order valence-corrected chi connectivity index (χ4v) is 2.37. The summed E-state index contributed by atoms with van der Waals surface area (Å²) < 4.78 is 0. The van der Waals surface area contributed by atoms with E-state index in [1.165, 1.54) is 19.3 Å². The molecule has 0 unspecified atom stereocenters. The van der Waals surface area contributed by atoms with E-state index >= 15 is 0 Å². The zero-order valence-electron chi connectivity index (χ0n) is 6.64. The number of rotatable bonds is 1. The summed E-state index contributed by atoms with van der Waals surface area (Å²) in [7, 11) is 0. The van der Waals surface area contributed by atoms with Crippen molar-refractivity contribution in [3.8, 4) is 0 Å². The number of hydrogen-bond donors (Lipinski definition) is 1. The van der Waals surface area contributed by atoms with Gasteiger partial charge in [-0.25, -0.2) is 0 Å². The maximum atomic E-state index is 9.90. The Balaban J connectivity index is 1.97. The molecule has 1 heteroatoms. The Bertz CT molecular complexity index is 138. The quantitative estimate of drug-likeness (QED) is 0.590. The third kappa shape index (κ3) is 0.731. The van der Waals surface area contributed by atoms with Crippen LogP contribution in [0.2, 0.25) is 0 Å². The average molecular weight is 140 g/mol. The van der Waals surface area contributed by atoms with Crippen LogP contribution in [-0.4, -0.2) is 10.7 Å². The van der Waals surface area contributed by atoms with E-state index in [0.29, 0.717) is 5.92 Å². The molecule has 0 heterocycles. The van der Waals surface area contributed by atoms with Crippen molar-refractivity contribution in [2.75, 3.05) is 0 Å². The molecule has 0 spiro atoms. The van der Waals surface area contributed by atoms with Crippen LogP contribution < -0.4 is 0 Å². The molecule has 2 rings (SSSR count). The Morgan fingerprint density at radius 2 is 2.00 bits per heavy atom. The predicted molar refractivity (Wildman–Crippen MR) is 40.7 cm³/mol. The first-order valence-electron chi connectivity index (χ1n) is 4.45. The van der Waals surface area contributed by atoms with Gasteiger partial charge in [-0.3, -0.25) is 0 Å². The van der Waals surface area contributed by atoms with E-state index in [4.69, 9.17) is 0 Å². The number of aliphatic hydroxyl groups is 1. The summed E-state index contributed by atoms with van der Waals surface area (Å²) in [5.74, 6) is 1.45. The summed E-state index contributed by atoms with van der Waals surface area (Å²) in [4.78, 5) is 0. The van der Waals surface area contributed by atoms with Crippen molar-refractivity contribution in [3.05, 3.63) is 0 Å². The highest BCUT2D eigenvalue weighted by Gasteiger charge is 2.47. The van der Waals surface area contributed by atoms with E-state index in [-0.39, 0.29) is 5.60 Å². The monoisotopic (exact) mass is 140 g/mol. The summed E-state index contributed by atoms with van der Waals surface area (Å²) >= 11 is 0. The molecule has 2 atom stereocenters. The molecule has 2 aliphatic rings. The molecule has 0 bridgehead atoms. The van der Waals surface area contributed by atoms with Gasteiger partial charge < -0.3 is 5.11 Å². The lowest BCUT2D eigenvalue weighted by atomic mass is 9.59. The lowest BCUT2D eigenvalue weighted by Gasteiger charge is -2.51. The fraction of sp³-hybridized carbons (Fsp3) is 1.00. The Hall–Kier alpha value is -0.0400. The summed E-state index contributed by atoms with van der Waals surface area (Å²) in [5, 5.41) is 9.90. The van der Waals surface area contributed by atoms with Crippen LogP contribution in [0.15, 0.2) is 0 Å². The van der Waals surface area contributed by atoms with Crippen molar-refractivity contribution in [1.82, 2.24) is 0 Å². The minimum atomic E-state index is -0.211. The lowest BCUT2D eigenvalue weighted by Crippen LogP contribution is -2.50. The Labute approximate surface area is 62.4 Å². The first-order valence-corrected chi connectivity index (χ1v) is 4.45. The zero-order valence-corrected chi connectivity index (χ0v) is 6.64. The average Bonchev–Trinajstić information content (AvgIpc) is 1.81. The normalized spacial score (nSPS) is 43.8. The third-order valence-electron chi connectivity index (χ3n) is 3.53. The van der Waals surface area contributed by atoms with Crippen LogP contribution in [0.25, 0.3) is 0 Å². The maximum Gasteiger partial charge on any atom is 0.0678 e. The summed E-state index contributed by atoms with van der Waals surface area (Å²) in [5.41, 5.74) is -0.211. The van der Waals surface area contributed by atoms with Gasteiger partial charge in [0, 0.05) is 0 Å². The Kier molecular flexibility index (Phi) is 1.31. The van der Waals surface area contributed by atoms with Crippen LogP contribution in [-0.2, 0) is 0 Å². The highest BCUT2D eigenvalue weighted by molar-refractivity contribution is 4.99. The second-order valence-corrected chi connectivity index (χ2v) is 4.12. The SMILES string of the molecule is C[C@@H]1CC[C@H]1C1(O)CCC1. The topological polar surface area (TPSA) is 20.2 Å². The van der Waals surface area contributed by atoms with Gasteiger partial charge in [-0.2, -0.15) is 0 Å². The van der Waals surface area contributed by atoms with Gasteiger partial charge in [0.25, 0.3) is 0 Å². The van der Waals surface area contributed by atoms with Crippen molar-refractivity contribution >= 4 is 0 Å². The first-order chi connectivity index (χ1) is 4.72. The molecule has 0 radical (unpaired) electrons. The second kappa shape index (κ2) is 1.97. The fourth-order valence-electron chi connectivity index (χ4n) is 2.37. The van der Waals surface area contributed by atoms with Gasteiger partial charge in [0.05, 0.1) is 5.60 Å². The van der Waals surface area contributed by atoms with Crippen LogP contribution in [0.3, 0.4) is 0 Å². The van der Waals surface area contributed by atoms with Crippen molar-refractivity contribution in [2.45, 2.75) is 44.6 Å². The second-order valence-electron chi connectivity index (χ2n) is 4.12. The minimum absolute atomic E-state index is 0.211. The van der Waals surface area contributed by atoms with Crippen molar-refractivity contribution in [1.29, 1.82) is 0 Å². The van der Waals surface area contributed by atoms with Crippen molar-refractivity contribution in [2.24, 2.45) is 11.8 Å². The Morgan fingerprint density at radius 3 is 2.10 bits per heavy atom. The van der Waals surface area contributed by atoms with E-state index in [1.54, 1.807) is 0 Å². The largest absolute Gasteiger partial charge is 0.390 e. The zero-order chi connectivity index (χ0) is 7.19. The molecule has 0 saturated heterocycles. The summed E-state index contributed by atoms with van der Waals surface area (Å²) in [6.45, 7) is 2.27. The van der Waals surface area contributed by atoms with E-state index in [1.807, 2.05) is 0 Å². The first kappa shape index (κ1) is 6.66. The highest BCUT2D eigenvalue weighted by atomic mass is 16.3. The molecular weight excluding hydrogens is 124 g/mol. The van der Waals surface area contributed by atoms with Crippen molar-refractivity contribution < 1.29 is 5.11 Å². The maximum absolute atomic E-state index is 9.90. The molecular formula is C9H16O. The summed E-state index contributed by atoms with van der Waals surface area (Å²) in [6, 6.07) is 0. The van der Waals surface area contributed by atoms with Gasteiger partial charge in [-0.15, -0.1) is 0 Å². The standard InChI is InChI=1S/C9H16O/c1-7-3-4-8(7)9(10)5-2-6-9/h7-8,10H,2-6H2,1H3/t7-,8-/m1/s1. The van der Waals surface area contributed by atoms with Gasteiger partial charge in [0.1, 0.15) is 0 Å². The molecule has 0 aliphatic heterocycles. The van der Waals surface area contributed by atoms with Gasteiger partial charge in [-0.05, 0) is 43.9 Å². The molecule has 2 saturated carbocycles. The van der Waals surface area contributed by atoms with Crippen LogP contribution in [0.5, 0.6) is 0 Å². The molecule has 1 N–H and O–H groups in total. The minimum Gasteiger partial charge on any atom is -0.390 e. The predicted octanol–water partition coefficient (Wildman–Crippen LogP) is 1.95. The Morgan fingerprint density at radius 1 is 1.30 bits per heavy atom. The molecule has 1 nitrogen and oxygen atoms in total. The van der Waals surface area contributed by atoms with Gasteiger partial charge in [-0.1, -0.05) is 6.92 Å². The van der Waals surface area contributed by atoms with E-state index < -0.39 is 0 Å². The molecule has 0 aromatic heterocycles. The van der Waals surface area contributed by atoms with E-state index in [9.17, 15) is 5.11 Å². The van der Waals surface area contributed by atoms with Crippen LogP contribution in [0.1, 0.15) is 39.0 Å². The third-order valence-corrected chi connectivity index (χ3v) is 3.53. The molecule has 2 aliphatic carbocycles. The molecule has 0 aromatic rings. The molecule has 2 fully saturated rings. The molecule has 0 amide bonds. The van der Waals surface area contributed by atoms with Crippen LogP contribution in [0, 0.1) is 11.8 Å². The van der Waals surface area contributed by atoms with Gasteiger partial charge in [0.2, 0.25) is 0 Å². The van der Waals surface area contributed by atoms with Crippen molar-refractivity contribution in [3.63, 3.8) is 0 Å². The number of hydrogen-bond acceptors (Lipinski definition) is 1. The molecule has 0 aromatic carbocycles. The van der Waals surface area contributed by atoms with Crippen LogP contribution >= 0.6 is 0 Å². The summed E-state index contributed by atoms with van der Waals surface area (Å²) in [6.07, 6.45) is 6.01. The van der Waals surface area contributed by atoms with Crippen LogP contribution in [0.4, 0.5) is 0 Å².